The third kappa shape index (κ3) is 5.71. The Morgan fingerprint density at radius 3 is 1.92 bits per heavy atom. The molecule has 26 heavy (non-hydrogen) atoms. The summed E-state index contributed by atoms with van der Waals surface area (Å²) < 4.78 is 11.3. The van der Waals surface area contributed by atoms with E-state index in [0.29, 0.717) is 31.6 Å². The number of phenols is 2. The fourth-order valence-electron chi connectivity index (χ4n) is 2.80. The summed E-state index contributed by atoms with van der Waals surface area (Å²) in [5.74, 6) is -2.24. The van der Waals surface area contributed by atoms with Crippen molar-refractivity contribution in [3.63, 3.8) is 0 Å². The second-order valence-corrected chi connectivity index (χ2v) is 6.38. The molecule has 0 atom stereocenters. The highest BCUT2D eigenvalue weighted by molar-refractivity contribution is 5.96. The van der Waals surface area contributed by atoms with Gasteiger partial charge in [0.25, 0.3) is 0 Å². The number of rotatable bonds is 13. The summed E-state index contributed by atoms with van der Waals surface area (Å²) in [5.41, 5.74) is 0.0943. The van der Waals surface area contributed by atoms with Crippen LogP contribution in [0.1, 0.15) is 81.6 Å². The number of unbranched alkanes of at least 4 members (excludes halogenated alkanes) is 4. The third-order valence-electron chi connectivity index (χ3n) is 4.10. The lowest BCUT2D eigenvalue weighted by Gasteiger charge is -2.20. The van der Waals surface area contributed by atoms with Gasteiger partial charge in [-0.2, -0.15) is 0 Å². The van der Waals surface area contributed by atoms with Crippen LogP contribution in [0, 0.1) is 0 Å². The first-order valence-corrected chi connectivity index (χ1v) is 9.59. The van der Waals surface area contributed by atoms with Gasteiger partial charge in [-0.05, 0) is 25.7 Å². The first-order valence-electron chi connectivity index (χ1n) is 9.59. The molecular weight excluding hydrogens is 336 g/mol. The monoisotopic (exact) mass is 368 g/mol. The SMILES string of the molecule is CCCCCCCc1c(OCCC)c(OCCC)c(O)c(O)c1C(=O)O. The van der Waals surface area contributed by atoms with Crippen molar-refractivity contribution >= 4 is 5.97 Å². The van der Waals surface area contributed by atoms with E-state index in [9.17, 15) is 20.1 Å². The molecular formula is C20H32O6. The van der Waals surface area contributed by atoms with E-state index in [1.165, 1.54) is 0 Å². The second-order valence-electron chi connectivity index (χ2n) is 6.38. The Hall–Kier alpha value is -2.11. The maximum Gasteiger partial charge on any atom is 0.340 e. The van der Waals surface area contributed by atoms with Gasteiger partial charge in [-0.15, -0.1) is 0 Å². The number of hydrogen-bond acceptors (Lipinski definition) is 5. The summed E-state index contributed by atoms with van der Waals surface area (Å²) in [6, 6.07) is 0. The second kappa shape index (κ2) is 11.5. The van der Waals surface area contributed by atoms with Crippen molar-refractivity contribution in [2.45, 2.75) is 72.1 Å². The van der Waals surface area contributed by atoms with Crippen LogP contribution in [0.2, 0.25) is 0 Å². The smallest absolute Gasteiger partial charge is 0.340 e. The summed E-state index contributed by atoms with van der Waals surface area (Å²) in [6.07, 6.45) is 6.96. The Labute approximate surface area is 155 Å². The van der Waals surface area contributed by atoms with Gasteiger partial charge in [0.1, 0.15) is 5.56 Å². The van der Waals surface area contributed by atoms with Gasteiger partial charge < -0.3 is 24.8 Å². The quantitative estimate of drug-likeness (QED) is 0.339. The normalized spacial score (nSPS) is 10.7. The molecule has 0 saturated heterocycles. The molecule has 148 valence electrons. The summed E-state index contributed by atoms with van der Waals surface area (Å²) in [7, 11) is 0. The van der Waals surface area contributed by atoms with E-state index in [1.807, 2.05) is 13.8 Å². The lowest BCUT2D eigenvalue weighted by molar-refractivity contribution is 0.0690. The van der Waals surface area contributed by atoms with Crippen LogP contribution >= 0.6 is 0 Å². The van der Waals surface area contributed by atoms with Crippen LogP contribution in [0.15, 0.2) is 0 Å². The molecule has 0 bridgehead atoms. The lowest BCUT2D eigenvalue weighted by Crippen LogP contribution is -2.10. The zero-order valence-electron chi connectivity index (χ0n) is 16.1. The zero-order chi connectivity index (χ0) is 19.5. The third-order valence-corrected chi connectivity index (χ3v) is 4.10. The predicted octanol–water partition coefficient (Wildman–Crippen LogP) is 4.89. The molecule has 0 saturated carbocycles. The van der Waals surface area contributed by atoms with E-state index < -0.39 is 17.5 Å². The molecule has 6 nitrogen and oxygen atoms in total. The number of carbonyl (C=O) groups is 1. The van der Waals surface area contributed by atoms with E-state index in [0.717, 1.165) is 38.5 Å². The lowest BCUT2D eigenvalue weighted by atomic mass is 9.97. The highest BCUT2D eigenvalue weighted by atomic mass is 16.5. The molecule has 0 unspecified atom stereocenters. The average molecular weight is 368 g/mol. The van der Waals surface area contributed by atoms with Gasteiger partial charge in [0.05, 0.1) is 13.2 Å². The minimum Gasteiger partial charge on any atom is -0.504 e. The van der Waals surface area contributed by atoms with E-state index in [-0.39, 0.29) is 17.1 Å². The van der Waals surface area contributed by atoms with Gasteiger partial charge in [0.2, 0.25) is 11.5 Å². The van der Waals surface area contributed by atoms with E-state index in [4.69, 9.17) is 9.47 Å². The number of carboxylic acids is 1. The van der Waals surface area contributed by atoms with E-state index in [2.05, 4.69) is 6.92 Å². The van der Waals surface area contributed by atoms with Crippen molar-refractivity contribution in [3.05, 3.63) is 11.1 Å². The van der Waals surface area contributed by atoms with Crippen molar-refractivity contribution in [3.8, 4) is 23.0 Å². The van der Waals surface area contributed by atoms with Crippen molar-refractivity contribution in [1.82, 2.24) is 0 Å². The summed E-state index contributed by atoms with van der Waals surface area (Å²) in [4.78, 5) is 11.7. The van der Waals surface area contributed by atoms with Crippen LogP contribution in [-0.4, -0.2) is 34.5 Å². The molecule has 0 amide bonds. The molecule has 0 aliphatic heterocycles. The Morgan fingerprint density at radius 1 is 0.808 bits per heavy atom. The highest BCUT2D eigenvalue weighted by Crippen LogP contribution is 2.49. The molecule has 0 spiro atoms. The summed E-state index contributed by atoms with van der Waals surface area (Å²) in [5, 5.41) is 30.1. The number of phenolic OH excluding ortho intramolecular Hbond substituents is 1. The van der Waals surface area contributed by atoms with Crippen LogP contribution in [0.3, 0.4) is 0 Å². The number of carboxylic acid groups (broad SMARTS) is 1. The standard InChI is InChI=1S/C20H32O6/c1-4-7-8-9-10-11-14-15(20(23)24)16(21)17(22)19(26-13-6-3)18(14)25-12-5-2/h21-22H,4-13H2,1-3H3,(H,23,24). The number of benzene rings is 1. The van der Waals surface area contributed by atoms with E-state index >= 15 is 0 Å². The summed E-state index contributed by atoms with van der Waals surface area (Å²) >= 11 is 0. The summed E-state index contributed by atoms with van der Waals surface area (Å²) in [6.45, 7) is 6.69. The van der Waals surface area contributed by atoms with Gasteiger partial charge >= 0.3 is 5.97 Å². The molecule has 0 aromatic heterocycles. The van der Waals surface area contributed by atoms with Gasteiger partial charge in [0, 0.05) is 5.56 Å². The maximum absolute atomic E-state index is 11.7. The minimum absolute atomic E-state index is 0.0337. The molecule has 0 heterocycles. The molecule has 1 rings (SSSR count). The topological polar surface area (TPSA) is 96.2 Å². The average Bonchev–Trinajstić information content (AvgIpc) is 2.61. The number of aromatic hydroxyl groups is 2. The van der Waals surface area contributed by atoms with Crippen LogP contribution in [0.5, 0.6) is 23.0 Å². The maximum atomic E-state index is 11.7. The van der Waals surface area contributed by atoms with Gasteiger partial charge in [0.15, 0.2) is 11.5 Å². The zero-order valence-corrected chi connectivity index (χ0v) is 16.1. The van der Waals surface area contributed by atoms with Crippen LogP contribution in [0.4, 0.5) is 0 Å². The molecule has 0 radical (unpaired) electrons. The fraction of sp³-hybridized carbons (Fsp3) is 0.650. The van der Waals surface area contributed by atoms with Crippen molar-refractivity contribution in [2.24, 2.45) is 0 Å². The number of ether oxygens (including phenoxy) is 2. The number of hydrogen-bond donors (Lipinski definition) is 3. The first-order chi connectivity index (χ1) is 12.5. The van der Waals surface area contributed by atoms with Gasteiger partial charge in [-0.3, -0.25) is 0 Å². The largest absolute Gasteiger partial charge is 0.504 e. The molecule has 3 N–H and O–H groups in total. The van der Waals surface area contributed by atoms with Crippen LogP contribution < -0.4 is 9.47 Å². The fourth-order valence-corrected chi connectivity index (χ4v) is 2.80. The molecule has 0 aliphatic carbocycles. The van der Waals surface area contributed by atoms with Gasteiger partial charge in [-0.1, -0.05) is 46.5 Å². The molecule has 1 aromatic carbocycles. The van der Waals surface area contributed by atoms with Crippen molar-refractivity contribution < 1.29 is 29.6 Å². The Balaban J connectivity index is 3.32. The van der Waals surface area contributed by atoms with Crippen molar-refractivity contribution in [2.75, 3.05) is 13.2 Å². The molecule has 1 aromatic rings. The molecule has 0 fully saturated rings. The van der Waals surface area contributed by atoms with Crippen LogP contribution in [0.25, 0.3) is 0 Å². The number of aromatic carboxylic acids is 1. The van der Waals surface area contributed by atoms with Gasteiger partial charge in [-0.25, -0.2) is 4.79 Å². The van der Waals surface area contributed by atoms with E-state index in [1.54, 1.807) is 0 Å². The Bertz CT molecular complexity index is 582. The minimum atomic E-state index is -1.29. The van der Waals surface area contributed by atoms with Crippen molar-refractivity contribution in [1.29, 1.82) is 0 Å². The van der Waals surface area contributed by atoms with Crippen LogP contribution in [-0.2, 0) is 6.42 Å². The Morgan fingerprint density at radius 2 is 1.38 bits per heavy atom. The highest BCUT2D eigenvalue weighted by Gasteiger charge is 2.29. The first kappa shape index (κ1) is 21.9. The predicted molar refractivity (Wildman–Crippen MR) is 101 cm³/mol. The molecule has 0 aliphatic rings. The Kier molecular flexibility index (Phi) is 9.70. The molecule has 6 heteroatoms.